The molecule has 1 unspecified atom stereocenters. The van der Waals surface area contributed by atoms with Crippen molar-refractivity contribution in [2.45, 2.75) is 46.6 Å². The normalized spacial score (nSPS) is 14.1. The van der Waals surface area contributed by atoms with Crippen molar-refractivity contribution in [3.63, 3.8) is 0 Å². The Bertz CT molecular complexity index is 182. The van der Waals surface area contributed by atoms with E-state index in [2.05, 4.69) is 51.4 Å². The minimum atomic E-state index is 0.224. The predicted molar refractivity (Wildman–Crippen MR) is 73.8 cm³/mol. The molecule has 2 nitrogen and oxygen atoms in total. The van der Waals surface area contributed by atoms with E-state index in [1.165, 1.54) is 13.0 Å². The van der Waals surface area contributed by atoms with Gasteiger partial charge in [-0.2, -0.15) is 0 Å². The zero-order valence-corrected chi connectivity index (χ0v) is 11.8. The average Bonchev–Trinajstić information content (AvgIpc) is 2.14. The monoisotopic (exact) mass is 226 g/mol. The van der Waals surface area contributed by atoms with Crippen LogP contribution < -0.4 is 5.32 Å². The van der Waals surface area contributed by atoms with Gasteiger partial charge in [0.15, 0.2) is 0 Å². The molecule has 0 spiro atoms. The van der Waals surface area contributed by atoms with Crippen molar-refractivity contribution in [1.29, 1.82) is 0 Å². The molecular formula is C14H30N2. The second kappa shape index (κ2) is 7.86. The van der Waals surface area contributed by atoms with Gasteiger partial charge in [-0.05, 0) is 46.2 Å². The Hall–Kier alpha value is -0.340. The summed E-state index contributed by atoms with van der Waals surface area (Å²) in [5.74, 6) is 0.686. The molecule has 2 heteroatoms. The zero-order chi connectivity index (χ0) is 12.6. The first-order valence-electron chi connectivity index (χ1n) is 6.47. The molecule has 0 aromatic rings. The van der Waals surface area contributed by atoms with E-state index in [1.54, 1.807) is 0 Å². The first kappa shape index (κ1) is 15.7. The maximum atomic E-state index is 3.82. The first-order chi connectivity index (χ1) is 7.39. The van der Waals surface area contributed by atoms with Gasteiger partial charge < -0.3 is 5.32 Å². The largest absolute Gasteiger partial charge is 0.312 e. The van der Waals surface area contributed by atoms with Crippen LogP contribution in [0.5, 0.6) is 0 Å². The SMILES string of the molecule is C=CCN(CCC)CC(C)CNC(C)(C)C. The number of hydrogen-bond donors (Lipinski definition) is 1. The first-order valence-corrected chi connectivity index (χ1v) is 6.47. The van der Waals surface area contributed by atoms with E-state index in [1.807, 2.05) is 6.08 Å². The van der Waals surface area contributed by atoms with Gasteiger partial charge in [0.1, 0.15) is 0 Å². The fourth-order valence-electron chi connectivity index (χ4n) is 1.74. The summed E-state index contributed by atoms with van der Waals surface area (Å²) >= 11 is 0. The third-order valence-electron chi connectivity index (χ3n) is 2.48. The van der Waals surface area contributed by atoms with Gasteiger partial charge in [-0.3, -0.25) is 4.90 Å². The predicted octanol–water partition coefficient (Wildman–Crippen LogP) is 2.91. The molecule has 0 bridgehead atoms. The van der Waals surface area contributed by atoms with Gasteiger partial charge in [0, 0.05) is 18.6 Å². The van der Waals surface area contributed by atoms with Crippen LogP contribution in [0.15, 0.2) is 12.7 Å². The molecule has 1 N–H and O–H groups in total. The van der Waals surface area contributed by atoms with Crippen molar-refractivity contribution in [3.05, 3.63) is 12.7 Å². The lowest BCUT2D eigenvalue weighted by molar-refractivity contribution is 0.247. The Kier molecular flexibility index (Phi) is 7.69. The van der Waals surface area contributed by atoms with Gasteiger partial charge in [0.05, 0.1) is 0 Å². The Morgan fingerprint density at radius 3 is 2.44 bits per heavy atom. The van der Waals surface area contributed by atoms with Crippen LogP contribution in [-0.2, 0) is 0 Å². The topological polar surface area (TPSA) is 15.3 Å². The summed E-state index contributed by atoms with van der Waals surface area (Å²) in [6.07, 6.45) is 3.22. The van der Waals surface area contributed by atoms with Crippen LogP contribution in [0.3, 0.4) is 0 Å². The molecule has 0 aromatic heterocycles. The summed E-state index contributed by atoms with van der Waals surface area (Å²) in [6, 6.07) is 0. The molecule has 0 aliphatic rings. The molecule has 0 saturated carbocycles. The summed E-state index contributed by atoms with van der Waals surface area (Å²) in [6.45, 7) is 19.4. The highest BCUT2D eigenvalue weighted by molar-refractivity contribution is 4.77. The zero-order valence-electron chi connectivity index (χ0n) is 11.8. The molecule has 16 heavy (non-hydrogen) atoms. The van der Waals surface area contributed by atoms with Gasteiger partial charge in [0.2, 0.25) is 0 Å². The van der Waals surface area contributed by atoms with Gasteiger partial charge in [0.25, 0.3) is 0 Å². The van der Waals surface area contributed by atoms with E-state index in [0.29, 0.717) is 5.92 Å². The van der Waals surface area contributed by atoms with Crippen LogP contribution in [0.1, 0.15) is 41.0 Å². The second-order valence-corrected chi connectivity index (χ2v) is 5.78. The number of hydrogen-bond acceptors (Lipinski definition) is 2. The van der Waals surface area contributed by atoms with Crippen LogP contribution in [-0.4, -0.2) is 36.6 Å². The summed E-state index contributed by atoms with van der Waals surface area (Å²) in [4.78, 5) is 2.47. The number of nitrogens with zero attached hydrogens (tertiary/aromatic N) is 1. The molecule has 0 fully saturated rings. The molecule has 0 amide bonds. The van der Waals surface area contributed by atoms with Crippen LogP contribution in [0, 0.1) is 5.92 Å². The van der Waals surface area contributed by atoms with Gasteiger partial charge in [-0.1, -0.05) is 19.9 Å². The standard InChI is InChI=1S/C14H30N2/c1-7-9-16(10-8-2)12-13(3)11-15-14(4,5)6/h7,13,15H,1,8-12H2,2-6H3. The molecule has 0 radical (unpaired) electrons. The van der Waals surface area contributed by atoms with Crippen molar-refractivity contribution in [2.24, 2.45) is 5.92 Å². The van der Waals surface area contributed by atoms with E-state index in [9.17, 15) is 0 Å². The number of rotatable bonds is 8. The minimum Gasteiger partial charge on any atom is -0.312 e. The maximum Gasteiger partial charge on any atom is 0.0160 e. The molecule has 0 aromatic carbocycles. The Balaban J connectivity index is 3.89. The van der Waals surface area contributed by atoms with Gasteiger partial charge >= 0.3 is 0 Å². The van der Waals surface area contributed by atoms with E-state index >= 15 is 0 Å². The van der Waals surface area contributed by atoms with E-state index in [-0.39, 0.29) is 5.54 Å². The highest BCUT2D eigenvalue weighted by Crippen LogP contribution is 2.04. The maximum absolute atomic E-state index is 3.82. The molecular weight excluding hydrogens is 196 g/mol. The lowest BCUT2D eigenvalue weighted by Gasteiger charge is -2.27. The van der Waals surface area contributed by atoms with E-state index < -0.39 is 0 Å². The van der Waals surface area contributed by atoms with E-state index in [0.717, 1.165) is 19.6 Å². The quantitative estimate of drug-likeness (QED) is 0.640. The van der Waals surface area contributed by atoms with Crippen molar-refractivity contribution < 1.29 is 0 Å². The van der Waals surface area contributed by atoms with Gasteiger partial charge in [-0.15, -0.1) is 6.58 Å². The summed E-state index contributed by atoms with van der Waals surface area (Å²) < 4.78 is 0. The summed E-state index contributed by atoms with van der Waals surface area (Å²) in [5.41, 5.74) is 0.224. The second-order valence-electron chi connectivity index (χ2n) is 5.78. The lowest BCUT2D eigenvalue weighted by atomic mass is 10.1. The molecule has 0 aliphatic carbocycles. The van der Waals surface area contributed by atoms with Crippen molar-refractivity contribution >= 4 is 0 Å². The Morgan fingerprint density at radius 2 is 2.00 bits per heavy atom. The highest BCUT2D eigenvalue weighted by Gasteiger charge is 2.13. The average molecular weight is 226 g/mol. The van der Waals surface area contributed by atoms with Crippen molar-refractivity contribution in [2.75, 3.05) is 26.2 Å². The highest BCUT2D eigenvalue weighted by atomic mass is 15.1. The molecule has 0 rings (SSSR count). The fourth-order valence-corrected chi connectivity index (χ4v) is 1.74. The van der Waals surface area contributed by atoms with Crippen LogP contribution in [0.2, 0.25) is 0 Å². The van der Waals surface area contributed by atoms with Crippen molar-refractivity contribution in [3.8, 4) is 0 Å². The summed E-state index contributed by atoms with van der Waals surface area (Å²) in [5, 5.41) is 3.56. The Labute approximate surface area is 102 Å². The van der Waals surface area contributed by atoms with E-state index in [4.69, 9.17) is 0 Å². The van der Waals surface area contributed by atoms with Crippen LogP contribution in [0.25, 0.3) is 0 Å². The molecule has 0 saturated heterocycles. The van der Waals surface area contributed by atoms with Gasteiger partial charge in [-0.25, -0.2) is 0 Å². The fraction of sp³-hybridized carbons (Fsp3) is 0.857. The molecule has 96 valence electrons. The minimum absolute atomic E-state index is 0.224. The molecule has 0 aliphatic heterocycles. The van der Waals surface area contributed by atoms with Crippen molar-refractivity contribution in [1.82, 2.24) is 10.2 Å². The van der Waals surface area contributed by atoms with Crippen LogP contribution in [0.4, 0.5) is 0 Å². The summed E-state index contributed by atoms with van der Waals surface area (Å²) in [7, 11) is 0. The lowest BCUT2D eigenvalue weighted by Crippen LogP contribution is -2.41. The third-order valence-corrected chi connectivity index (χ3v) is 2.48. The molecule has 1 atom stereocenters. The van der Waals surface area contributed by atoms with Crippen LogP contribution >= 0.6 is 0 Å². The smallest absolute Gasteiger partial charge is 0.0160 e. The molecule has 0 heterocycles. The Morgan fingerprint density at radius 1 is 1.38 bits per heavy atom. The number of nitrogens with one attached hydrogen (secondary N) is 1. The third kappa shape index (κ3) is 8.93.